The second kappa shape index (κ2) is 11.8. The Morgan fingerprint density at radius 3 is 2.50 bits per heavy atom. The van der Waals surface area contributed by atoms with Gasteiger partial charge in [0.15, 0.2) is 18.1 Å². The molecule has 0 bridgehead atoms. The van der Waals surface area contributed by atoms with Gasteiger partial charge in [-0.3, -0.25) is 19.7 Å². The fourth-order valence-electron chi connectivity index (χ4n) is 3.57. The maximum atomic E-state index is 13.1. The van der Waals surface area contributed by atoms with Gasteiger partial charge in [-0.15, -0.1) is 0 Å². The molecule has 2 N–H and O–H groups in total. The molecule has 0 radical (unpaired) electrons. The van der Waals surface area contributed by atoms with Gasteiger partial charge in [0.25, 0.3) is 17.7 Å². The third kappa shape index (κ3) is 6.13. The largest absolute Gasteiger partial charge is 0.490 e. The van der Waals surface area contributed by atoms with Gasteiger partial charge < -0.3 is 14.8 Å². The van der Waals surface area contributed by atoms with Crippen LogP contribution >= 0.6 is 23.2 Å². The number of rotatable bonds is 8. The summed E-state index contributed by atoms with van der Waals surface area (Å²) in [5, 5.41) is 5.54. The second-order valence-electron chi connectivity index (χ2n) is 7.89. The minimum atomic E-state index is -0.881. The van der Waals surface area contributed by atoms with Gasteiger partial charge in [-0.2, -0.15) is 0 Å². The van der Waals surface area contributed by atoms with Crippen LogP contribution in [0.2, 0.25) is 10.0 Å². The lowest BCUT2D eigenvalue weighted by Gasteiger charge is -2.26. The number of halogens is 2. The minimum absolute atomic E-state index is 0.215. The molecule has 0 aliphatic carbocycles. The quantitative estimate of drug-likeness (QED) is 0.297. The number of carbonyl (C=O) groups excluding carboxylic acids is 4. The third-order valence-corrected chi connectivity index (χ3v) is 5.82. The molecular weight excluding hydrogens is 533 g/mol. The van der Waals surface area contributed by atoms with E-state index in [1.54, 1.807) is 61.5 Å². The van der Waals surface area contributed by atoms with Crippen molar-refractivity contribution in [3.8, 4) is 11.5 Å². The molecule has 1 saturated heterocycles. The number of hydrogen-bond acceptors (Lipinski definition) is 6. The van der Waals surface area contributed by atoms with Crippen LogP contribution in [0.5, 0.6) is 11.5 Å². The number of imide groups is 2. The van der Waals surface area contributed by atoms with Crippen LogP contribution in [0, 0.1) is 0 Å². The van der Waals surface area contributed by atoms with Crippen LogP contribution in [0.15, 0.2) is 72.3 Å². The molecule has 0 unspecified atom stereocenters. The minimum Gasteiger partial charge on any atom is -0.490 e. The molecule has 38 heavy (non-hydrogen) atoms. The number of anilines is 2. The molecular formula is C27H21Cl2N3O6. The van der Waals surface area contributed by atoms with Gasteiger partial charge in [0.05, 0.1) is 23.0 Å². The molecule has 4 rings (SSSR count). The lowest BCUT2D eigenvalue weighted by molar-refractivity contribution is -0.122. The van der Waals surface area contributed by atoms with Crippen LogP contribution in [0.4, 0.5) is 16.2 Å². The fourth-order valence-corrected chi connectivity index (χ4v) is 3.94. The summed E-state index contributed by atoms with van der Waals surface area (Å²) < 4.78 is 11.3. The Balaban J connectivity index is 1.54. The number of hydrogen-bond donors (Lipinski definition) is 2. The maximum absolute atomic E-state index is 13.1. The first-order chi connectivity index (χ1) is 18.3. The van der Waals surface area contributed by atoms with Crippen molar-refractivity contribution in [1.82, 2.24) is 5.32 Å². The van der Waals surface area contributed by atoms with Crippen LogP contribution in [-0.4, -0.2) is 37.0 Å². The Bertz CT molecular complexity index is 1460. The molecule has 0 atom stereocenters. The number of nitrogens with zero attached hydrogens (tertiary/aromatic N) is 1. The van der Waals surface area contributed by atoms with E-state index >= 15 is 0 Å². The average molecular weight is 554 g/mol. The van der Waals surface area contributed by atoms with Gasteiger partial charge >= 0.3 is 6.03 Å². The van der Waals surface area contributed by atoms with Crippen molar-refractivity contribution in [2.24, 2.45) is 0 Å². The van der Waals surface area contributed by atoms with Gasteiger partial charge in [-0.1, -0.05) is 47.5 Å². The van der Waals surface area contributed by atoms with Crippen molar-refractivity contribution in [1.29, 1.82) is 0 Å². The second-order valence-corrected chi connectivity index (χ2v) is 8.74. The Labute approximate surface area is 227 Å². The summed E-state index contributed by atoms with van der Waals surface area (Å²) in [5.74, 6) is -1.51. The first-order valence-corrected chi connectivity index (χ1v) is 12.1. The molecule has 1 fully saturated rings. The zero-order valence-electron chi connectivity index (χ0n) is 20.0. The van der Waals surface area contributed by atoms with E-state index in [-0.39, 0.29) is 23.6 Å². The van der Waals surface area contributed by atoms with Gasteiger partial charge in [0, 0.05) is 5.02 Å². The van der Waals surface area contributed by atoms with E-state index in [9.17, 15) is 19.2 Å². The van der Waals surface area contributed by atoms with Gasteiger partial charge in [0.1, 0.15) is 5.57 Å². The molecule has 3 aromatic rings. The van der Waals surface area contributed by atoms with Crippen LogP contribution in [0.3, 0.4) is 0 Å². The molecule has 1 heterocycles. The number of amides is 5. The van der Waals surface area contributed by atoms with E-state index in [0.29, 0.717) is 33.7 Å². The first kappa shape index (κ1) is 26.7. The van der Waals surface area contributed by atoms with E-state index in [2.05, 4.69) is 10.6 Å². The van der Waals surface area contributed by atoms with Crippen LogP contribution in [0.25, 0.3) is 6.08 Å². The van der Waals surface area contributed by atoms with E-state index in [1.165, 1.54) is 18.2 Å². The van der Waals surface area contributed by atoms with Crippen molar-refractivity contribution in [3.63, 3.8) is 0 Å². The molecule has 3 aromatic carbocycles. The molecule has 1 aliphatic heterocycles. The van der Waals surface area contributed by atoms with Crippen LogP contribution in [-0.2, 0) is 14.4 Å². The van der Waals surface area contributed by atoms with E-state index in [4.69, 9.17) is 32.7 Å². The van der Waals surface area contributed by atoms with Crippen molar-refractivity contribution in [2.45, 2.75) is 6.92 Å². The van der Waals surface area contributed by atoms with Gasteiger partial charge in [0.2, 0.25) is 0 Å². The van der Waals surface area contributed by atoms with Crippen molar-refractivity contribution in [3.05, 3.63) is 87.9 Å². The highest BCUT2D eigenvalue weighted by Gasteiger charge is 2.36. The monoisotopic (exact) mass is 553 g/mol. The molecule has 9 nitrogen and oxygen atoms in total. The molecule has 5 amide bonds. The predicted molar refractivity (Wildman–Crippen MR) is 144 cm³/mol. The molecule has 1 aliphatic rings. The lowest BCUT2D eigenvalue weighted by Crippen LogP contribution is -2.54. The molecule has 0 spiro atoms. The Morgan fingerprint density at radius 1 is 0.974 bits per heavy atom. The summed E-state index contributed by atoms with van der Waals surface area (Å²) in [6.07, 6.45) is 1.33. The summed E-state index contributed by atoms with van der Waals surface area (Å²) in [6, 6.07) is 16.7. The molecule has 0 aromatic heterocycles. The summed E-state index contributed by atoms with van der Waals surface area (Å²) in [7, 11) is 0. The summed E-state index contributed by atoms with van der Waals surface area (Å²) in [5.41, 5.74) is 0.836. The predicted octanol–water partition coefficient (Wildman–Crippen LogP) is 5.08. The van der Waals surface area contributed by atoms with Gasteiger partial charge in [-0.05, 0) is 61.0 Å². The van der Waals surface area contributed by atoms with Crippen LogP contribution < -0.4 is 25.0 Å². The van der Waals surface area contributed by atoms with Crippen LogP contribution in [0.1, 0.15) is 12.5 Å². The number of urea groups is 1. The number of carbonyl (C=O) groups is 4. The van der Waals surface area contributed by atoms with E-state index < -0.39 is 23.8 Å². The Morgan fingerprint density at radius 2 is 1.76 bits per heavy atom. The number of barbiturate groups is 1. The van der Waals surface area contributed by atoms with E-state index in [1.807, 2.05) is 0 Å². The lowest BCUT2D eigenvalue weighted by atomic mass is 10.1. The smallest absolute Gasteiger partial charge is 0.335 e. The summed E-state index contributed by atoms with van der Waals surface area (Å²) in [4.78, 5) is 51.2. The maximum Gasteiger partial charge on any atom is 0.335 e. The first-order valence-electron chi connectivity index (χ1n) is 11.4. The third-order valence-electron chi connectivity index (χ3n) is 5.25. The summed E-state index contributed by atoms with van der Waals surface area (Å²) in [6.45, 7) is 1.74. The highest BCUT2D eigenvalue weighted by atomic mass is 35.5. The zero-order chi connectivity index (χ0) is 27.2. The average Bonchev–Trinajstić information content (AvgIpc) is 2.87. The molecule has 194 valence electrons. The molecule has 0 saturated carbocycles. The highest BCUT2D eigenvalue weighted by molar-refractivity contribution is 6.39. The SMILES string of the molecule is CCOc1cc(/C=C2\C(=O)NC(=O)N(c3cccc(Cl)c3)C2=O)ccc1OCC(=O)Nc1ccccc1Cl. The summed E-state index contributed by atoms with van der Waals surface area (Å²) >= 11 is 12.1. The Hall–Kier alpha value is -4.34. The standard InChI is InChI=1S/C27H21Cl2N3O6/c1-2-37-23-13-16(10-11-22(23)38-15-24(33)30-21-9-4-3-8-20(21)29)12-19-25(34)31-27(36)32(26(19)35)18-7-5-6-17(28)14-18/h3-14H,2,15H2,1H3,(H,30,33)(H,31,34,36)/b19-12+. The fraction of sp³-hybridized carbons (Fsp3) is 0.111. The number of ether oxygens (including phenoxy) is 2. The highest BCUT2D eigenvalue weighted by Crippen LogP contribution is 2.31. The molecule has 11 heteroatoms. The normalized spacial score (nSPS) is 14.3. The zero-order valence-corrected chi connectivity index (χ0v) is 21.5. The number of nitrogens with one attached hydrogen (secondary N) is 2. The van der Waals surface area contributed by atoms with E-state index in [0.717, 1.165) is 4.90 Å². The number of para-hydroxylation sites is 1. The van der Waals surface area contributed by atoms with Crippen molar-refractivity contribution < 1.29 is 28.7 Å². The topological polar surface area (TPSA) is 114 Å². The number of benzene rings is 3. The Kier molecular flexibility index (Phi) is 8.30. The van der Waals surface area contributed by atoms with Crippen molar-refractivity contribution >= 4 is 64.4 Å². The van der Waals surface area contributed by atoms with Crippen molar-refractivity contribution in [2.75, 3.05) is 23.4 Å². The van der Waals surface area contributed by atoms with Gasteiger partial charge in [-0.25, -0.2) is 9.69 Å².